The van der Waals surface area contributed by atoms with Crippen LogP contribution in [0.25, 0.3) is 0 Å². The first kappa shape index (κ1) is 11.2. The minimum atomic E-state index is -0.0859. The standard InChI is InChI=1S/C15H20FN/c1-10-2-3-12(7-14(10)16)9-17-15-8-11-4-5-13(15)6-11/h2-3,7,11,13,15,17H,4-6,8-9H2,1H3. The highest BCUT2D eigenvalue weighted by atomic mass is 19.1. The summed E-state index contributed by atoms with van der Waals surface area (Å²) < 4.78 is 13.4. The first-order valence-corrected chi connectivity index (χ1v) is 6.71. The quantitative estimate of drug-likeness (QED) is 0.843. The van der Waals surface area contributed by atoms with Gasteiger partial charge in [0.1, 0.15) is 5.82 Å². The summed E-state index contributed by atoms with van der Waals surface area (Å²) in [6.45, 7) is 2.62. The number of halogens is 1. The summed E-state index contributed by atoms with van der Waals surface area (Å²) in [5.41, 5.74) is 1.80. The van der Waals surface area contributed by atoms with Gasteiger partial charge in [0.15, 0.2) is 0 Å². The summed E-state index contributed by atoms with van der Waals surface area (Å²) >= 11 is 0. The molecule has 2 aliphatic rings. The Kier molecular flexibility index (Phi) is 2.91. The van der Waals surface area contributed by atoms with Crippen molar-refractivity contribution in [2.75, 3.05) is 0 Å². The molecule has 3 rings (SSSR count). The summed E-state index contributed by atoms with van der Waals surface area (Å²) in [5.74, 6) is 1.76. The molecule has 2 aliphatic carbocycles. The van der Waals surface area contributed by atoms with Crippen molar-refractivity contribution in [2.24, 2.45) is 11.8 Å². The second-order valence-electron chi connectivity index (χ2n) is 5.75. The van der Waals surface area contributed by atoms with Gasteiger partial charge in [0, 0.05) is 12.6 Å². The second-order valence-corrected chi connectivity index (χ2v) is 5.75. The van der Waals surface area contributed by atoms with Crippen molar-refractivity contribution in [3.05, 3.63) is 35.1 Å². The lowest BCUT2D eigenvalue weighted by Gasteiger charge is -2.23. The molecule has 1 nitrogen and oxygen atoms in total. The molecule has 0 amide bonds. The van der Waals surface area contributed by atoms with Gasteiger partial charge >= 0.3 is 0 Å². The van der Waals surface area contributed by atoms with Gasteiger partial charge in [-0.15, -0.1) is 0 Å². The van der Waals surface area contributed by atoms with Crippen LogP contribution in [0.3, 0.4) is 0 Å². The normalized spacial score (nSPS) is 31.1. The third-order valence-electron chi connectivity index (χ3n) is 4.54. The average Bonchev–Trinajstić information content (AvgIpc) is 2.92. The molecule has 17 heavy (non-hydrogen) atoms. The maximum atomic E-state index is 13.4. The number of fused-ring (bicyclic) bond motifs is 2. The van der Waals surface area contributed by atoms with Crippen LogP contribution in [-0.2, 0) is 6.54 Å². The van der Waals surface area contributed by atoms with Gasteiger partial charge < -0.3 is 5.32 Å². The number of rotatable bonds is 3. The van der Waals surface area contributed by atoms with Crippen molar-refractivity contribution < 1.29 is 4.39 Å². The van der Waals surface area contributed by atoms with Gasteiger partial charge in [0.05, 0.1) is 0 Å². The van der Waals surface area contributed by atoms with E-state index in [-0.39, 0.29) is 5.82 Å². The third-order valence-corrected chi connectivity index (χ3v) is 4.54. The van der Waals surface area contributed by atoms with E-state index in [1.807, 2.05) is 19.1 Å². The fraction of sp³-hybridized carbons (Fsp3) is 0.600. The van der Waals surface area contributed by atoms with E-state index in [4.69, 9.17) is 0 Å². The van der Waals surface area contributed by atoms with Crippen LogP contribution in [0.1, 0.15) is 36.8 Å². The molecular formula is C15H20FN. The molecule has 92 valence electrons. The van der Waals surface area contributed by atoms with Crippen LogP contribution in [0.4, 0.5) is 4.39 Å². The van der Waals surface area contributed by atoms with E-state index in [0.29, 0.717) is 6.04 Å². The number of hydrogen-bond acceptors (Lipinski definition) is 1. The maximum absolute atomic E-state index is 13.4. The Labute approximate surface area is 102 Å². The zero-order valence-corrected chi connectivity index (χ0v) is 10.4. The minimum absolute atomic E-state index is 0.0859. The monoisotopic (exact) mass is 233 g/mol. The topological polar surface area (TPSA) is 12.0 Å². The molecule has 0 saturated heterocycles. The van der Waals surface area contributed by atoms with E-state index in [9.17, 15) is 4.39 Å². The Hall–Kier alpha value is -0.890. The number of aryl methyl sites for hydroxylation is 1. The van der Waals surface area contributed by atoms with Gasteiger partial charge in [-0.05, 0) is 55.2 Å². The molecule has 2 bridgehead atoms. The molecule has 0 radical (unpaired) electrons. The van der Waals surface area contributed by atoms with E-state index in [0.717, 1.165) is 29.5 Å². The Morgan fingerprint density at radius 3 is 2.82 bits per heavy atom. The predicted molar refractivity (Wildman–Crippen MR) is 67.2 cm³/mol. The smallest absolute Gasteiger partial charge is 0.126 e. The van der Waals surface area contributed by atoms with Gasteiger partial charge in [0.2, 0.25) is 0 Å². The van der Waals surface area contributed by atoms with Crippen LogP contribution in [-0.4, -0.2) is 6.04 Å². The Morgan fingerprint density at radius 1 is 1.29 bits per heavy atom. The van der Waals surface area contributed by atoms with E-state index < -0.39 is 0 Å². The molecule has 1 aromatic carbocycles. The van der Waals surface area contributed by atoms with E-state index in [1.54, 1.807) is 6.07 Å². The zero-order valence-electron chi connectivity index (χ0n) is 10.4. The molecule has 0 aliphatic heterocycles. The van der Waals surface area contributed by atoms with E-state index in [2.05, 4.69) is 5.32 Å². The van der Waals surface area contributed by atoms with Gasteiger partial charge in [0.25, 0.3) is 0 Å². The molecule has 0 spiro atoms. The summed E-state index contributed by atoms with van der Waals surface area (Å²) in [4.78, 5) is 0. The van der Waals surface area contributed by atoms with Crippen molar-refractivity contribution >= 4 is 0 Å². The summed E-state index contributed by atoms with van der Waals surface area (Å²) in [6, 6.07) is 6.24. The summed E-state index contributed by atoms with van der Waals surface area (Å²) in [6.07, 6.45) is 5.57. The third kappa shape index (κ3) is 2.23. The fourth-order valence-electron chi connectivity index (χ4n) is 3.49. The van der Waals surface area contributed by atoms with E-state index >= 15 is 0 Å². The predicted octanol–water partition coefficient (Wildman–Crippen LogP) is 3.41. The summed E-state index contributed by atoms with van der Waals surface area (Å²) in [7, 11) is 0. The summed E-state index contributed by atoms with van der Waals surface area (Å²) in [5, 5.41) is 3.61. The Morgan fingerprint density at radius 2 is 2.18 bits per heavy atom. The largest absolute Gasteiger partial charge is 0.310 e. The molecule has 1 N–H and O–H groups in total. The molecule has 0 aromatic heterocycles. The van der Waals surface area contributed by atoms with Crippen LogP contribution < -0.4 is 5.32 Å². The molecule has 3 atom stereocenters. The number of benzene rings is 1. The Balaban J connectivity index is 1.59. The van der Waals surface area contributed by atoms with Gasteiger partial charge in [-0.1, -0.05) is 18.6 Å². The lowest BCUT2D eigenvalue weighted by Crippen LogP contribution is -2.33. The number of hydrogen-bond donors (Lipinski definition) is 1. The highest BCUT2D eigenvalue weighted by molar-refractivity contribution is 5.23. The van der Waals surface area contributed by atoms with Crippen LogP contribution >= 0.6 is 0 Å². The fourth-order valence-corrected chi connectivity index (χ4v) is 3.49. The second kappa shape index (κ2) is 4.41. The molecular weight excluding hydrogens is 213 g/mol. The van der Waals surface area contributed by atoms with Crippen LogP contribution in [0.2, 0.25) is 0 Å². The van der Waals surface area contributed by atoms with Crippen LogP contribution in [0.15, 0.2) is 18.2 Å². The van der Waals surface area contributed by atoms with Crippen LogP contribution in [0, 0.1) is 24.6 Å². The van der Waals surface area contributed by atoms with Gasteiger partial charge in [-0.3, -0.25) is 0 Å². The Bertz CT molecular complexity index is 415. The van der Waals surface area contributed by atoms with Crippen molar-refractivity contribution in [3.63, 3.8) is 0 Å². The van der Waals surface area contributed by atoms with Crippen molar-refractivity contribution in [1.82, 2.24) is 5.32 Å². The van der Waals surface area contributed by atoms with Crippen molar-refractivity contribution in [2.45, 2.75) is 45.2 Å². The zero-order chi connectivity index (χ0) is 11.8. The number of nitrogens with one attached hydrogen (secondary N) is 1. The van der Waals surface area contributed by atoms with Crippen molar-refractivity contribution in [3.8, 4) is 0 Å². The molecule has 2 fully saturated rings. The molecule has 2 heteroatoms. The van der Waals surface area contributed by atoms with Gasteiger partial charge in [-0.2, -0.15) is 0 Å². The lowest BCUT2D eigenvalue weighted by atomic mass is 9.95. The van der Waals surface area contributed by atoms with Crippen molar-refractivity contribution in [1.29, 1.82) is 0 Å². The highest BCUT2D eigenvalue weighted by Crippen LogP contribution is 2.44. The first-order chi connectivity index (χ1) is 8.22. The lowest BCUT2D eigenvalue weighted by molar-refractivity contribution is 0.350. The minimum Gasteiger partial charge on any atom is -0.310 e. The molecule has 3 unspecified atom stereocenters. The molecule has 2 saturated carbocycles. The van der Waals surface area contributed by atoms with Crippen LogP contribution in [0.5, 0.6) is 0 Å². The highest BCUT2D eigenvalue weighted by Gasteiger charge is 2.38. The molecule has 0 heterocycles. The first-order valence-electron chi connectivity index (χ1n) is 6.71. The van der Waals surface area contributed by atoms with Gasteiger partial charge in [-0.25, -0.2) is 4.39 Å². The average molecular weight is 233 g/mol. The SMILES string of the molecule is Cc1ccc(CNC2CC3CCC2C3)cc1F. The van der Waals surface area contributed by atoms with E-state index in [1.165, 1.54) is 25.7 Å². The maximum Gasteiger partial charge on any atom is 0.126 e. The molecule has 1 aromatic rings.